The average Bonchev–Trinajstić information content (AvgIpc) is 3.26. The maximum Gasteiger partial charge on any atom is 0.434 e. The van der Waals surface area contributed by atoms with Gasteiger partial charge in [-0.15, -0.1) is 0 Å². The molecular formula is C29H19ClF3N3O4S. The van der Waals surface area contributed by atoms with Gasteiger partial charge in [0.1, 0.15) is 11.8 Å². The van der Waals surface area contributed by atoms with Gasteiger partial charge in [-0.2, -0.15) is 18.4 Å². The summed E-state index contributed by atoms with van der Waals surface area (Å²) in [5, 5.41) is 10.9. The van der Waals surface area contributed by atoms with Gasteiger partial charge in [0.2, 0.25) is 0 Å². The van der Waals surface area contributed by atoms with Crippen molar-refractivity contribution >= 4 is 45.8 Å². The third-order valence-corrected chi connectivity index (χ3v) is 7.51. The van der Waals surface area contributed by atoms with Crippen molar-refractivity contribution in [1.29, 1.82) is 5.26 Å². The molecule has 0 N–H and O–H groups in total. The molecule has 0 aliphatic carbocycles. The third kappa shape index (κ3) is 5.36. The Labute approximate surface area is 239 Å². The smallest absolute Gasteiger partial charge is 0.434 e. The number of fused-ring (bicyclic) bond motifs is 2. The van der Waals surface area contributed by atoms with Crippen LogP contribution >= 0.6 is 22.9 Å². The Hall–Kier alpha value is -4.40. The molecular weight excluding hydrogens is 579 g/mol. The van der Waals surface area contributed by atoms with Crippen LogP contribution in [0.1, 0.15) is 24.1 Å². The van der Waals surface area contributed by atoms with E-state index in [0.717, 1.165) is 21.3 Å². The highest BCUT2D eigenvalue weighted by molar-refractivity contribution is 7.07. The van der Waals surface area contributed by atoms with Crippen LogP contribution in [-0.2, 0) is 9.53 Å². The molecule has 12 heteroatoms. The van der Waals surface area contributed by atoms with Crippen molar-refractivity contribution in [3.8, 4) is 11.8 Å². The first-order valence-corrected chi connectivity index (χ1v) is 13.4. The highest BCUT2D eigenvalue weighted by Crippen LogP contribution is 2.38. The first-order valence-electron chi connectivity index (χ1n) is 12.2. The molecule has 5 rings (SSSR count). The van der Waals surface area contributed by atoms with Crippen molar-refractivity contribution in [3.63, 3.8) is 0 Å². The molecule has 0 unspecified atom stereocenters. The predicted octanol–water partition coefficient (Wildman–Crippen LogP) is 5.05. The van der Waals surface area contributed by atoms with E-state index in [1.54, 1.807) is 24.3 Å². The minimum atomic E-state index is -5.02. The van der Waals surface area contributed by atoms with Crippen LogP contribution in [0.2, 0.25) is 5.02 Å². The number of rotatable bonds is 6. The molecule has 208 valence electrons. The SMILES string of the molecule is CCOC(=O)C1=C(C(F)(F)F)N=c2s/c(=C\c3c(OCC#N)ccc4ccccc34)c(=O)n2[C@H]1c1ccc(Cl)cc1. The van der Waals surface area contributed by atoms with Gasteiger partial charge in [-0.1, -0.05) is 65.4 Å². The second-order valence-electron chi connectivity index (χ2n) is 8.76. The zero-order chi connectivity index (χ0) is 29.3. The number of nitriles is 1. The molecule has 0 spiro atoms. The molecule has 0 radical (unpaired) electrons. The normalized spacial score (nSPS) is 15.3. The van der Waals surface area contributed by atoms with Crippen LogP contribution in [-0.4, -0.2) is 29.9 Å². The number of carbonyl (C=O) groups is 1. The van der Waals surface area contributed by atoms with E-state index in [1.807, 2.05) is 18.2 Å². The fraction of sp³-hybridized carbons (Fsp3) is 0.172. The zero-order valence-electron chi connectivity index (χ0n) is 21.2. The first-order chi connectivity index (χ1) is 19.6. The lowest BCUT2D eigenvalue weighted by molar-refractivity contribution is -0.140. The van der Waals surface area contributed by atoms with Crippen LogP contribution in [0, 0.1) is 11.3 Å². The number of aromatic nitrogens is 1. The third-order valence-electron chi connectivity index (χ3n) is 6.28. The van der Waals surface area contributed by atoms with Crippen LogP contribution in [0.5, 0.6) is 5.75 Å². The summed E-state index contributed by atoms with van der Waals surface area (Å²) in [4.78, 5) is 30.4. The first kappa shape index (κ1) is 28.1. The van der Waals surface area contributed by atoms with E-state index >= 15 is 0 Å². The number of benzene rings is 3. The monoisotopic (exact) mass is 597 g/mol. The van der Waals surface area contributed by atoms with Crippen molar-refractivity contribution in [1.82, 2.24) is 4.57 Å². The van der Waals surface area contributed by atoms with E-state index in [0.29, 0.717) is 21.7 Å². The number of halogens is 4. The number of alkyl halides is 3. The molecule has 1 aliphatic heterocycles. The van der Waals surface area contributed by atoms with Crippen molar-refractivity contribution in [2.45, 2.75) is 19.1 Å². The molecule has 0 amide bonds. The van der Waals surface area contributed by atoms with Crippen LogP contribution in [0.15, 0.2) is 81.7 Å². The molecule has 1 aromatic heterocycles. The van der Waals surface area contributed by atoms with Crippen molar-refractivity contribution in [2.75, 3.05) is 13.2 Å². The lowest BCUT2D eigenvalue weighted by Crippen LogP contribution is -2.41. The Kier molecular flexibility index (Phi) is 7.71. The minimum absolute atomic E-state index is 0.0486. The van der Waals surface area contributed by atoms with E-state index < -0.39 is 35.0 Å². The number of hydrogen-bond acceptors (Lipinski definition) is 7. The van der Waals surface area contributed by atoms with Crippen molar-refractivity contribution in [2.24, 2.45) is 4.99 Å². The van der Waals surface area contributed by atoms with Gasteiger partial charge in [-0.05, 0) is 47.5 Å². The van der Waals surface area contributed by atoms with Crippen molar-refractivity contribution < 1.29 is 27.4 Å². The average molecular weight is 598 g/mol. The van der Waals surface area contributed by atoms with Crippen LogP contribution < -0.4 is 19.6 Å². The molecule has 0 fully saturated rings. The topological polar surface area (TPSA) is 93.7 Å². The van der Waals surface area contributed by atoms with Gasteiger partial charge in [0.15, 0.2) is 17.1 Å². The highest BCUT2D eigenvalue weighted by Gasteiger charge is 2.45. The lowest BCUT2D eigenvalue weighted by Gasteiger charge is -2.26. The van der Waals surface area contributed by atoms with E-state index in [4.69, 9.17) is 26.3 Å². The molecule has 1 aliphatic rings. The molecule has 0 saturated carbocycles. The lowest BCUT2D eigenvalue weighted by atomic mass is 9.95. The number of hydrogen-bond donors (Lipinski definition) is 0. The van der Waals surface area contributed by atoms with E-state index in [-0.39, 0.29) is 28.1 Å². The summed E-state index contributed by atoms with van der Waals surface area (Å²) in [5.41, 5.74) is -2.23. The van der Waals surface area contributed by atoms with Gasteiger partial charge < -0.3 is 9.47 Å². The van der Waals surface area contributed by atoms with Gasteiger partial charge >= 0.3 is 12.1 Å². The van der Waals surface area contributed by atoms with Crippen LogP contribution in [0.25, 0.3) is 16.8 Å². The number of carbonyl (C=O) groups excluding carboxylic acids is 1. The molecule has 1 atom stereocenters. The van der Waals surface area contributed by atoms with Gasteiger partial charge in [-0.25, -0.2) is 9.79 Å². The van der Waals surface area contributed by atoms with Crippen LogP contribution in [0.3, 0.4) is 0 Å². The maximum absolute atomic E-state index is 14.3. The Balaban J connectivity index is 1.83. The molecule has 41 heavy (non-hydrogen) atoms. The maximum atomic E-state index is 14.3. The quantitative estimate of drug-likeness (QED) is 0.290. The Morgan fingerprint density at radius 3 is 2.59 bits per heavy atom. The summed E-state index contributed by atoms with van der Waals surface area (Å²) in [7, 11) is 0. The van der Waals surface area contributed by atoms with Gasteiger partial charge in [0, 0.05) is 10.6 Å². The number of nitrogens with zero attached hydrogens (tertiary/aromatic N) is 3. The van der Waals surface area contributed by atoms with Gasteiger partial charge in [0.05, 0.1) is 22.8 Å². The second-order valence-corrected chi connectivity index (χ2v) is 10.2. The highest BCUT2D eigenvalue weighted by atomic mass is 35.5. The molecule has 0 bridgehead atoms. The number of esters is 1. The summed E-state index contributed by atoms with van der Waals surface area (Å²) in [6, 6.07) is 16.9. The second kappa shape index (κ2) is 11.2. The number of allylic oxidation sites excluding steroid dienone is 1. The molecule has 0 saturated heterocycles. The standard InChI is InChI=1S/C29H19ClF3N3O4S/c1-2-39-27(38)23-24(17-7-10-18(30)11-8-17)36-26(37)22(41-28(36)35-25(23)29(31,32)33)15-20-19-6-4-3-5-16(19)9-12-21(20)40-14-13-34/h3-12,15,24H,2,14H2,1H3/b22-15-/t24-/m0/s1. The number of ether oxygens (including phenoxy) is 2. The van der Waals surface area contributed by atoms with Crippen LogP contribution in [0.4, 0.5) is 13.2 Å². The van der Waals surface area contributed by atoms with E-state index in [2.05, 4.69) is 4.99 Å². The van der Waals surface area contributed by atoms with Gasteiger partial charge in [0.25, 0.3) is 5.56 Å². The minimum Gasteiger partial charge on any atom is -0.478 e. The summed E-state index contributed by atoms with van der Waals surface area (Å²) in [6.45, 7) is 1.03. The van der Waals surface area contributed by atoms with Crippen molar-refractivity contribution in [3.05, 3.63) is 108 Å². The summed E-state index contributed by atoms with van der Waals surface area (Å²) >= 11 is 6.76. The Morgan fingerprint density at radius 1 is 1.17 bits per heavy atom. The summed E-state index contributed by atoms with van der Waals surface area (Å²) in [6.07, 6.45) is -3.52. The summed E-state index contributed by atoms with van der Waals surface area (Å²) in [5.74, 6) is -0.924. The Morgan fingerprint density at radius 2 is 1.90 bits per heavy atom. The predicted molar refractivity (Wildman–Crippen MR) is 147 cm³/mol. The largest absolute Gasteiger partial charge is 0.478 e. The van der Waals surface area contributed by atoms with Gasteiger partial charge in [-0.3, -0.25) is 9.36 Å². The number of thiazole rings is 1. The summed E-state index contributed by atoms with van der Waals surface area (Å²) < 4.78 is 54.7. The zero-order valence-corrected chi connectivity index (χ0v) is 22.8. The molecule has 2 heterocycles. The molecule has 4 aromatic rings. The van der Waals surface area contributed by atoms with E-state index in [9.17, 15) is 22.8 Å². The fourth-order valence-corrected chi connectivity index (χ4v) is 5.70. The molecule has 3 aromatic carbocycles. The Bertz CT molecular complexity index is 1920. The fourth-order valence-electron chi connectivity index (χ4n) is 4.59. The van der Waals surface area contributed by atoms with E-state index in [1.165, 1.54) is 37.3 Å². The molecule has 7 nitrogen and oxygen atoms in total.